The lowest BCUT2D eigenvalue weighted by Gasteiger charge is -2.34. The van der Waals surface area contributed by atoms with Crippen LogP contribution in [-0.2, 0) is 14.8 Å². The molecule has 6 heteroatoms. The Kier molecular flexibility index (Phi) is 5.74. The largest absolute Gasteiger partial charge is 0.326 e. The monoisotopic (exact) mass is 372 g/mol. The van der Waals surface area contributed by atoms with Gasteiger partial charge in [-0.15, -0.1) is 0 Å². The zero-order valence-corrected chi connectivity index (χ0v) is 15.7. The Hall–Kier alpha value is -2.18. The normalized spacial score (nSPS) is 18.4. The molecule has 138 valence electrons. The third-order valence-electron chi connectivity index (χ3n) is 4.68. The fourth-order valence-corrected chi connectivity index (χ4v) is 4.98. The third kappa shape index (κ3) is 4.31. The van der Waals surface area contributed by atoms with Gasteiger partial charge in [-0.25, -0.2) is 8.42 Å². The van der Waals surface area contributed by atoms with Crippen molar-refractivity contribution < 1.29 is 13.2 Å². The van der Waals surface area contributed by atoms with Gasteiger partial charge < -0.3 is 5.32 Å². The maximum atomic E-state index is 13.0. The number of hydrogen-bond donors (Lipinski definition) is 1. The molecular formula is C20H24N2O3S. The number of nitrogens with one attached hydrogen (secondary N) is 1. The van der Waals surface area contributed by atoms with E-state index in [1.807, 2.05) is 37.3 Å². The van der Waals surface area contributed by atoms with Crippen molar-refractivity contribution in [1.29, 1.82) is 0 Å². The molecule has 0 spiro atoms. The molecule has 26 heavy (non-hydrogen) atoms. The highest BCUT2D eigenvalue weighted by Gasteiger charge is 2.34. The SMILES string of the molecule is Cc1ccc(S(=O)(=O)N2CCCCC2CC(=O)Nc2ccccc2)cc1. The van der Waals surface area contributed by atoms with Gasteiger partial charge in [-0.1, -0.05) is 42.3 Å². The maximum absolute atomic E-state index is 13.0. The first kappa shape index (κ1) is 18.6. The molecule has 3 rings (SSSR count). The average Bonchev–Trinajstić information content (AvgIpc) is 2.63. The second-order valence-corrected chi connectivity index (χ2v) is 8.59. The highest BCUT2D eigenvalue weighted by molar-refractivity contribution is 7.89. The Labute approximate surface area is 155 Å². The lowest BCUT2D eigenvalue weighted by molar-refractivity contribution is -0.117. The van der Waals surface area contributed by atoms with Crippen molar-refractivity contribution in [1.82, 2.24) is 4.31 Å². The van der Waals surface area contributed by atoms with Gasteiger partial charge in [0, 0.05) is 24.7 Å². The molecule has 0 radical (unpaired) electrons. The van der Waals surface area contributed by atoms with E-state index in [0.717, 1.165) is 24.1 Å². The predicted octanol–water partition coefficient (Wildman–Crippen LogP) is 3.57. The van der Waals surface area contributed by atoms with Crippen molar-refractivity contribution in [3.05, 3.63) is 60.2 Å². The summed E-state index contributed by atoms with van der Waals surface area (Å²) < 4.78 is 27.6. The van der Waals surface area contributed by atoms with Crippen molar-refractivity contribution in [2.75, 3.05) is 11.9 Å². The molecule has 1 heterocycles. The number of carbonyl (C=O) groups excluding carboxylic acids is 1. The van der Waals surface area contributed by atoms with Crippen LogP contribution in [-0.4, -0.2) is 31.2 Å². The zero-order valence-electron chi connectivity index (χ0n) is 14.9. The minimum Gasteiger partial charge on any atom is -0.326 e. The molecule has 0 bridgehead atoms. The van der Waals surface area contributed by atoms with E-state index in [9.17, 15) is 13.2 Å². The number of anilines is 1. The van der Waals surface area contributed by atoms with Gasteiger partial charge in [0.05, 0.1) is 4.90 Å². The molecule has 0 aliphatic carbocycles. The summed E-state index contributed by atoms with van der Waals surface area (Å²) in [6.45, 7) is 2.38. The smallest absolute Gasteiger partial charge is 0.243 e. The zero-order chi connectivity index (χ0) is 18.6. The molecule has 1 aliphatic rings. The van der Waals surface area contributed by atoms with Crippen LogP contribution < -0.4 is 5.32 Å². The van der Waals surface area contributed by atoms with Crippen molar-refractivity contribution in [2.24, 2.45) is 0 Å². The summed E-state index contributed by atoms with van der Waals surface area (Å²) in [5, 5.41) is 2.85. The first-order valence-corrected chi connectivity index (χ1v) is 10.3. The summed E-state index contributed by atoms with van der Waals surface area (Å²) in [6, 6.07) is 15.8. The Morgan fingerprint density at radius 3 is 2.46 bits per heavy atom. The van der Waals surface area contributed by atoms with Gasteiger partial charge in [0.15, 0.2) is 0 Å². The van der Waals surface area contributed by atoms with Gasteiger partial charge in [0.1, 0.15) is 0 Å². The van der Waals surface area contributed by atoms with Crippen LogP contribution in [0.1, 0.15) is 31.2 Å². The van der Waals surface area contributed by atoms with Crippen molar-refractivity contribution >= 4 is 21.6 Å². The standard InChI is InChI=1S/C20H24N2O3S/c1-16-10-12-19(13-11-16)26(24,25)22-14-6-5-9-18(22)15-20(23)21-17-7-3-2-4-8-17/h2-4,7-8,10-13,18H,5-6,9,14-15H2,1H3,(H,21,23). The third-order valence-corrected chi connectivity index (χ3v) is 6.65. The van der Waals surface area contributed by atoms with E-state index >= 15 is 0 Å². The number of benzene rings is 2. The Balaban J connectivity index is 1.75. The number of amides is 1. The molecule has 1 fully saturated rings. The molecular weight excluding hydrogens is 348 g/mol. The van der Waals surface area contributed by atoms with Crippen LogP contribution in [0.3, 0.4) is 0 Å². The van der Waals surface area contributed by atoms with Crippen molar-refractivity contribution in [2.45, 2.75) is 43.5 Å². The molecule has 1 saturated heterocycles. The lowest BCUT2D eigenvalue weighted by atomic mass is 10.0. The number of sulfonamides is 1. The number of nitrogens with zero attached hydrogens (tertiary/aromatic N) is 1. The number of piperidine rings is 1. The van der Waals surface area contributed by atoms with E-state index in [-0.39, 0.29) is 18.4 Å². The van der Waals surface area contributed by atoms with Crippen LogP contribution >= 0.6 is 0 Å². The number of aryl methyl sites for hydroxylation is 1. The summed E-state index contributed by atoms with van der Waals surface area (Å²) in [5.74, 6) is -0.160. The van der Waals surface area contributed by atoms with Gasteiger partial charge in [-0.2, -0.15) is 4.31 Å². The molecule has 1 aliphatic heterocycles. The molecule has 1 unspecified atom stereocenters. The topological polar surface area (TPSA) is 66.5 Å². The Morgan fingerprint density at radius 1 is 1.08 bits per heavy atom. The molecule has 5 nitrogen and oxygen atoms in total. The average molecular weight is 372 g/mol. The fraction of sp³-hybridized carbons (Fsp3) is 0.350. The molecule has 1 N–H and O–H groups in total. The molecule has 2 aromatic carbocycles. The minimum absolute atomic E-state index is 0.160. The van der Waals surface area contributed by atoms with E-state index in [1.54, 1.807) is 24.3 Å². The highest BCUT2D eigenvalue weighted by atomic mass is 32.2. The minimum atomic E-state index is -3.59. The summed E-state index contributed by atoms with van der Waals surface area (Å²) in [7, 11) is -3.59. The second-order valence-electron chi connectivity index (χ2n) is 6.70. The number of hydrogen-bond acceptors (Lipinski definition) is 3. The summed E-state index contributed by atoms with van der Waals surface area (Å²) in [6.07, 6.45) is 2.62. The Morgan fingerprint density at radius 2 is 1.77 bits per heavy atom. The maximum Gasteiger partial charge on any atom is 0.243 e. The molecule has 2 aromatic rings. The van der Waals surface area contributed by atoms with E-state index in [4.69, 9.17) is 0 Å². The van der Waals surface area contributed by atoms with Crippen molar-refractivity contribution in [3.63, 3.8) is 0 Å². The summed E-state index contributed by atoms with van der Waals surface area (Å²) >= 11 is 0. The number of rotatable bonds is 5. The van der Waals surface area contributed by atoms with Crippen LogP contribution in [0.25, 0.3) is 0 Å². The fourth-order valence-electron chi connectivity index (χ4n) is 3.29. The van der Waals surface area contributed by atoms with Crippen LogP contribution in [0, 0.1) is 6.92 Å². The Bertz CT molecular complexity index is 848. The van der Waals surface area contributed by atoms with E-state index in [2.05, 4.69) is 5.32 Å². The van der Waals surface area contributed by atoms with Gasteiger partial charge in [-0.3, -0.25) is 4.79 Å². The van der Waals surface area contributed by atoms with Crippen molar-refractivity contribution in [3.8, 4) is 0 Å². The van der Waals surface area contributed by atoms with Crippen LogP contribution in [0.4, 0.5) is 5.69 Å². The molecule has 0 saturated carbocycles. The van der Waals surface area contributed by atoms with Gasteiger partial charge in [0.2, 0.25) is 15.9 Å². The van der Waals surface area contributed by atoms with E-state index in [1.165, 1.54) is 4.31 Å². The van der Waals surface area contributed by atoms with E-state index in [0.29, 0.717) is 17.9 Å². The summed E-state index contributed by atoms with van der Waals surface area (Å²) in [5.41, 5.74) is 1.74. The lowest BCUT2D eigenvalue weighted by Crippen LogP contribution is -2.45. The first-order valence-electron chi connectivity index (χ1n) is 8.90. The van der Waals surface area contributed by atoms with Crippen LogP contribution in [0.15, 0.2) is 59.5 Å². The van der Waals surface area contributed by atoms with Crippen LogP contribution in [0.2, 0.25) is 0 Å². The van der Waals surface area contributed by atoms with Crippen LogP contribution in [0.5, 0.6) is 0 Å². The second kappa shape index (κ2) is 8.01. The van der Waals surface area contributed by atoms with Gasteiger partial charge in [0.25, 0.3) is 0 Å². The number of carbonyl (C=O) groups is 1. The molecule has 1 atom stereocenters. The van der Waals surface area contributed by atoms with E-state index < -0.39 is 10.0 Å². The molecule has 1 amide bonds. The first-order chi connectivity index (χ1) is 12.5. The summed E-state index contributed by atoms with van der Waals surface area (Å²) in [4.78, 5) is 12.7. The predicted molar refractivity (Wildman–Crippen MR) is 102 cm³/mol. The molecule has 0 aromatic heterocycles. The highest BCUT2D eigenvalue weighted by Crippen LogP contribution is 2.27. The number of para-hydroxylation sites is 1. The van der Waals surface area contributed by atoms with Gasteiger partial charge in [-0.05, 0) is 44.0 Å². The quantitative estimate of drug-likeness (QED) is 0.872. The van der Waals surface area contributed by atoms with Gasteiger partial charge >= 0.3 is 0 Å².